The molecule has 0 aliphatic rings. The van der Waals surface area contributed by atoms with Gasteiger partial charge in [-0.3, -0.25) is 0 Å². The molecule has 162 valence electrons. The van der Waals surface area contributed by atoms with Crippen LogP contribution in [-0.2, 0) is 15.2 Å². The minimum Gasteiger partial charge on any atom is -0.0839 e. The normalized spacial score (nSPS) is 13.0. The summed E-state index contributed by atoms with van der Waals surface area (Å²) < 4.78 is -6.62. The quantitative estimate of drug-likeness (QED) is 0.247. The third-order valence-electron chi connectivity index (χ3n) is 3.14. The summed E-state index contributed by atoms with van der Waals surface area (Å²) in [5, 5.41) is 0.235. The lowest BCUT2D eigenvalue weighted by atomic mass is 10.1. The lowest BCUT2D eigenvalue weighted by Crippen LogP contribution is -2.12. The summed E-state index contributed by atoms with van der Waals surface area (Å²) in [5.41, 5.74) is 1.16. The lowest BCUT2D eigenvalue weighted by molar-refractivity contribution is 1.11. The van der Waals surface area contributed by atoms with Gasteiger partial charge in [-0.2, -0.15) is 0 Å². The predicted octanol–water partition coefficient (Wildman–Crippen LogP) is 11.3. The van der Waals surface area contributed by atoms with Crippen LogP contribution in [0.15, 0.2) is 42.5 Å². The highest BCUT2D eigenvalue weighted by atomic mass is 35.6. The molecule has 2 rings (SSSR count). The zero-order chi connectivity index (χ0) is 22.8. The highest BCUT2D eigenvalue weighted by Crippen LogP contribution is 2.50. The molecule has 0 bridgehead atoms. The second-order valence-electron chi connectivity index (χ2n) is 5.20. The monoisotopic (exact) mass is 654 g/mol. The van der Waals surface area contributed by atoms with Gasteiger partial charge in [-0.15, -0.1) is 0 Å². The Morgan fingerprint density at radius 2 is 0.759 bits per heavy atom. The van der Waals surface area contributed by atoms with E-state index in [1.54, 1.807) is 36.4 Å². The summed E-state index contributed by atoms with van der Waals surface area (Å²) >= 11 is 74.7. The fraction of sp³-hybridized carbons (Fsp3) is 0.250. The van der Waals surface area contributed by atoms with Crippen LogP contribution >= 0.6 is 151 Å². The molecule has 0 saturated heterocycles. The third-order valence-corrected chi connectivity index (χ3v) is 5.85. The van der Waals surface area contributed by atoms with Gasteiger partial charge in [0.2, 0.25) is 15.2 Å². The van der Waals surface area contributed by atoms with E-state index < -0.39 is 15.2 Å². The van der Waals surface area contributed by atoms with E-state index in [2.05, 4.69) is 0 Å². The number of rotatable bonds is 0. The first-order chi connectivity index (χ1) is 12.9. The number of alkyl halides is 12. The van der Waals surface area contributed by atoms with Crippen molar-refractivity contribution in [2.75, 3.05) is 0 Å². The molecular formula is C16H7Cl13. The zero-order valence-electron chi connectivity index (χ0n) is 13.5. The van der Waals surface area contributed by atoms with E-state index in [0.717, 1.165) is 0 Å². The molecule has 0 saturated carbocycles. The van der Waals surface area contributed by atoms with Crippen LogP contribution in [-0.4, -0.2) is 0 Å². The van der Waals surface area contributed by atoms with Crippen molar-refractivity contribution < 1.29 is 0 Å². The van der Waals surface area contributed by atoms with Gasteiger partial charge >= 0.3 is 0 Å². The van der Waals surface area contributed by atoms with Gasteiger partial charge in [-0.1, -0.05) is 187 Å². The number of halogens is 13. The molecule has 0 radical (unpaired) electrons. The Morgan fingerprint density at radius 1 is 0.414 bits per heavy atom. The van der Waals surface area contributed by atoms with Crippen LogP contribution in [0.2, 0.25) is 5.02 Å². The van der Waals surface area contributed by atoms with Crippen LogP contribution in [0.1, 0.15) is 22.3 Å². The molecule has 2 aromatic carbocycles. The van der Waals surface area contributed by atoms with Gasteiger partial charge in [0.15, 0.2) is 0 Å². The smallest absolute Gasteiger partial charge is 0.0839 e. The summed E-state index contributed by atoms with van der Waals surface area (Å²) in [6.45, 7) is 0. The van der Waals surface area contributed by atoms with Crippen molar-refractivity contribution in [2.45, 2.75) is 15.2 Å². The van der Waals surface area contributed by atoms with Crippen molar-refractivity contribution >= 4 is 151 Å². The maximum Gasteiger partial charge on any atom is 0.217 e. The molecule has 0 aliphatic carbocycles. The topological polar surface area (TPSA) is 0 Å². The summed E-state index contributed by atoms with van der Waals surface area (Å²) in [6, 6.07) is 11.3. The summed E-state index contributed by atoms with van der Waals surface area (Å²) in [7, 11) is 0. The standard InChI is InChI=1S/C8H3Cl7.C8H4Cl6/c9-5-3-1-2-4(7(10,11)12)6(5)8(13,14)15;9-7(10,11)5-3-1-2-4-6(5)8(12,13)14/h1-3H;1-4H. The van der Waals surface area contributed by atoms with Gasteiger partial charge in [0, 0.05) is 27.3 Å². The van der Waals surface area contributed by atoms with Crippen molar-refractivity contribution in [3.63, 3.8) is 0 Å². The first-order valence-corrected chi connectivity index (χ1v) is 11.9. The van der Waals surface area contributed by atoms with Gasteiger partial charge in [-0.25, -0.2) is 0 Å². The average molecular weight is 660 g/mol. The molecule has 0 spiro atoms. The van der Waals surface area contributed by atoms with E-state index in [1.165, 1.54) is 6.07 Å². The minimum absolute atomic E-state index is 0.177. The van der Waals surface area contributed by atoms with Crippen molar-refractivity contribution in [1.82, 2.24) is 0 Å². The fourth-order valence-corrected chi connectivity index (χ4v) is 4.56. The molecule has 0 unspecified atom stereocenters. The Bertz CT molecular complexity index is 789. The van der Waals surface area contributed by atoms with E-state index in [9.17, 15) is 0 Å². The largest absolute Gasteiger partial charge is 0.217 e. The molecule has 2 aromatic rings. The molecular weight excluding hydrogens is 653 g/mol. The van der Waals surface area contributed by atoms with Crippen LogP contribution in [0.25, 0.3) is 0 Å². The number of hydrogen-bond acceptors (Lipinski definition) is 0. The minimum atomic E-state index is -1.74. The molecule has 0 N–H and O–H groups in total. The molecule has 13 heteroatoms. The van der Waals surface area contributed by atoms with E-state index in [0.29, 0.717) is 11.1 Å². The second kappa shape index (κ2) is 11.1. The molecule has 0 nitrogen and oxygen atoms in total. The van der Waals surface area contributed by atoms with E-state index in [1.807, 2.05) is 0 Å². The summed E-state index contributed by atoms with van der Waals surface area (Å²) in [5.74, 6) is 0. The van der Waals surface area contributed by atoms with Gasteiger partial charge in [0.1, 0.15) is 0 Å². The number of hydrogen-bond donors (Lipinski definition) is 0. The van der Waals surface area contributed by atoms with Crippen LogP contribution in [0.5, 0.6) is 0 Å². The Hall–Kier alpha value is 2.21. The first-order valence-electron chi connectivity index (χ1n) is 7.03. The van der Waals surface area contributed by atoms with Crippen molar-refractivity contribution in [1.29, 1.82) is 0 Å². The fourth-order valence-electron chi connectivity index (χ4n) is 2.03. The van der Waals surface area contributed by atoms with Crippen LogP contribution in [0.4, 0.5) is 0 Å². The van der Waals surface area contributed by atoms with E-state index in [-0.39, 0.29) is 16.1 Å². The zero-order valence-corrected chi connectivity index (χ0v) is 23.3. The molecule has 0 aliphatic heterocycles. The maximum atomic E-state index is 5.89. The Kier molecular flexibility index (Phi) is 11.2. The highest BCUT2D eigenvalue weighted by molar-refractivity contribution is 6.70. The Labute approximate surface area is 233 Å². The van der Waals surface area contributed by atoms with Crippen molar-refractivity contribution in [3.8, 4) is 0 Å². The molecule has 0 heterocycles. The lowest BCUT2D eigenvalue weighted by Gasteiger charge is -2.22. The van der Waals surface area contributed by atoms with E-state index >= 15 is 0 Å². The molecule has 0 atom stereocenters. The highest BCUT2D eigenvalue weighted by Gasteiger charge is 2.36. The molecule has 0 amide bonds. The first kappa shape index (κ1) is 29.2. The number of benzene rings is 2. The predicted molar refractivity (Wildman–Crippen MR) is 135 cm³/mol. The average Bonchev–Trinajstić information content (AvgIpc) is 2.51. The van der Waals surface area contributed by atoms with Gasteiger partial charge in [0.05, 0.1) is 0 Å². The summed E-state index contributed by atoms with van der Waals surface area (Å²) in [6.07, 6.45) is 0. The molecule has 29 heavy (non-hydrogen) atoms. The van der Waals surface area contributed by atoms with Crippen molar-refractivity contribution in [2.24, 2.45) is 0 Å². The van der Waals surface area contributed by atoms with Crippen LogP contribution < -0.4 is 0 Å². The maximum absolute atomic E-state index is 5.89. The third kappa shape index (κ3) is 9.17. The molecule has 0 fully saturated rings. The summed E-state index contributed by atoms with van der Waals surface area (Å²) in [4.78, 5) is 0. The van der Waals surface area contributed by atoms with E-state index in [4.69, 9.17) is 151 Å². The Balaban J connectivity index is 0.000000291. The van der Waals surface area contributed by atoms with Crippen molar-refractivity contribution in [3.05, 3.63) is 69.7 Å². The second-order valence-corrected chi connectivity index (χ2v) is 14.7. The molecule has 0 aromatic heterocycles. The Morgan fingerprint density at radius 3 is 1.03 bits per heavy atom. The van der Waals surface area contributed by atoms with Crippen LogP contribution in [0.3, 0.4) is 0 Å². The van der Waals surface area contributed by atoms with Gasteiger partial charge in [-0.05, 0) is 6.07 Å². The van der Waals surface area contributed by atoms with Crippen LogP contribution in [0, 0.1) is 0 Å². The SMILES string of the molecule is ClC(Cl)(Cl)c1ccccc1C(Cl)(Cl)Cl.Clc1cccc(C(Cl)(Cl)Cl)c1C(Cl)(Cl)Cl. The van der Waals surface area contributed by atoms with Gasteiger partial charge < -0.3 is 0 Å². The van der Waals surface area contributed by atoms with Gasteiger partial charge in [0.25, 0.3) is 0 Å².